The van der Waals surface area contributed by atoms with Gasteiger partial charge in [-0.05, 0) is 51.2 Å². The van der Waals surface area contributed by atoms with Crippen molar-refractivity contribution >= 4 is 11.6 Å². The molecule has 1 aliphatic heterocycles. The minimum Gasteiger partial charge on any atom is -0.325 e. The number of halogens is 1. The van der Waals surface area contributed by atoms with Gasteiger partial charge in [-0.25, -0.2) is 4.39 Å². The molecule has 1 saturated heterocycles. The summed E-state index contributed by atoms with van der Waals surface area (Å²) in [5, 5.41) is 6.02. The Bertz CT molecular complexity index is 432. The van der Waals surface area contributed by atoms with Crippen molar-refractivity contribution in [1.29, 1.82) is 0 Å². The third kappa shape index (κ3) is 4.29. The average molecular weight is 265 g/mol. The number of hydrogen-bond acceptors (Lipinski definition) is 3. The van der Waals surface area contributed by atoms with Crippen LogP contribution < -0.4 is 10.6 Å². The number of nitrogens with one attached hydrogen (secondary N) is 2. The molecule has 1 aliphatic rings. The molecule has 0 saturated carbocycles. The number of likely N-dealkylation sites (N-methyl/N-ethyl adjacent to an activating group) is 1. The number of carbonyl (C=O) groups excluding carboxylic acids is 1. The highest BCUT2D eigenvalue weighted by Crippen LogP contribution is 2.11. The van der Waals surface area contributed by atoms with E-state index in [9.17, 15) is 9.18 Å². The van der Waals surface area contributed by atoms with Crippen LogP contribution in [0.4, 0.5) is 10.1 Å². The molecule has 0 aromatic heterocycles. The van der Waals surface area contributed by atoms with Crippen molar-refractivity contribution < 1.29 is 9.18 Å². The molecular weight excluding hydrogens is 245 g/mol. The van der Waals surface area contributed by atoms with Gasteiger partial charge in [0.1, 0.15) is 5.82 Å². The summed E-state index contributed by atoms with van der Waals surface area (Å²) < 4.78 is 13.0. The number of nitrogens with zero attached hydrogens (tertiary/aromatic N) is 1. The Morgan fingerprint density at radius 2 is 2.21 bits per heavy atom. The predicted molar refractivity (Wildman–Crippen MR) is 73.6 cm³/mol. The molecule has 5 heteroatoms. The molecule has 0 spiro atoms. The number of carbonyl (C=O) groups is 1. The van der Waals surface area contributed by atoms with E-state index < -0.39 is 0 Å². The standard InChI is InChI=1S/C14H20FN3O/c1-18(13-5-7-16-8-6-13)10-14(19)17-12-4-2-3-11(15)9-12/h2-4,9,13,16H,5-8,10H2,1H3,(H,17,19). The van der Waals surface area contributed by atoms with Crippen LogP contribution in [0.3, 0.4) is 0 Å². The Hall–Kier alpha value is -1.46. The first kappa shape index (κ1) is 14.0. The van der Waals surface area contributed by atoms with Crippen LogP contribution >= 0.6 is 0 Å². The third-order valence-electron chi connectivity index (χ3n) is 3.43. The zero-order chi connectivity index (χ0) is 13.7. The summed E-state index contributed by atoms with van der Waals surface area (Å²) in [5.74, 6) is -0.448. The topological polar surface area (TPSA) is 44.4 Å². The minimum absolute atomic E-state index is 0.105. The molecule has 19 heavy (non-hydrogen) atoms. The van der Waals surface area contributed by atoms with Crippen molar-refractivity contribution in [3.05, 3.63) is 30.1 Å². The van der Waals surface area contributed by atoms with Gasteiger partial charge in [-0.1, -0.05) is 6.07 Å². The average Bonchev–Trinajstić information content (AvgIpc) is 2.39. The molecule has 1 heterocycles. The molecule has 2 N–H and O–H groups in total. The number of amides is 1. The second kappa shape index (κ2) is 6.63. The summed E-state index contributed by atoms with van der Waals surface area (Å²) in [4.78, 5) is 14.0. The molecule has 104 valence electrons. The Morgan fingerprint density at radius 3 is 2.89 bits per heavy atom. The first-order chi connectivity index (χ1) is 9.15. The normalized spacial score (nSPS) is 16.6. The van der Waals surface area contributed by atoms with Gasteiger partial charge in [0.25, 0.3) is 0 Å². The van der Waals surface area contributed by atoms with E-state index in [1.165, 1.54) is 12.1 Å². The summed E-state index contributed by atoms with van der Waals surface area (Å²) in [6, 6.07) is 6.39. The van der Waals surface area contributed by atoms with E-state index in [0.717, 1.165) is 25.9 Å². The third-order valence-corrected chi connectivity index (χ3v) is 3.43. The van der Waals surface area contributed by atoms with Gasteiger partial charge in [0, 0.05) is 11.7 Å². The van der Waals surface area contributed by atoms with E-state index in [-0.39, 0.29) is 11.7 Å². The highest BCUT2D eigenvalue weighted by atomic mass is 19.1. The molecule has 0 atom stereocenters. The fourth-order valence-corrected chi connectivity index (χ4v) is 2.37. The minimum atomic E-state index is -0.343. The maximum atomic E-state index is 13.0. The number of anilines is 1. The quantitative estimate of drug-likeness (QED) is 0.866. The fourth-order valence-electron chi connectivity index (χ4n) is 2.37. The summed E-state index contributed by atoms with van der Waals surface area (Å²) in [5.41, 5.74) is 0.503. The fraction of sp³-hybridized carbons (Fsp3) is 0.500. The van der Waals surface area contributed by atoms with E-state index in [4.69, 9.17) is 0 Å². The molecule has 0 aliphatic carbocycles. The Labute approximate surface area is 113 Å². The van der Waals surface area contributed by atoms with Gasteiger partial charge in [0.05, 0.1) is 6.54 Å². The van der Waals surface area contributed by atoms with Crippen LogP contribution in [0.5, 0.6) is 0 Å². The van der Waals surface area contributed by atoms with E-state index in [1.54, 1.807) is 12.1 Å². The highest BCUT2D eigenvalue weighted by Gasteiger charge is 2.19. The number of benzene rings is 1. The molecule has 0 radical (unpaired) electrons. The van der Waals surface area contributed by atoms with Gasteiger partial charge in [-0.3, -0.25) is 9.69 Å². The molecule has 0 unspecified atom stereocenters. The van der Waals surface area contributed by atoms with Crippen molar-refractivity contribution in [1.82, 2.24) is 10.2 Å². The molecule has 1 amide bonds. The van der Waals surface area contributed by atoms with Gasteiger partial charge in [0.15, 0.2) is 0 Å². The lowest BCUT2D eigenvalue weighted by Crippen LogP contribution is -2.44. The summed E-state index contributed by atoms with van der Waals surface area (Å²) in [7, 11) is 1.96. The van der Waals surface area contributed by atoms with Crippen LogP contribution in [0.15, 0.2) is 24.3 Å². The van der Waals surface area contributed by atoms with E-state index in [1.807, 2.05) is 7.05 Å². The van der Waals surface area contributed by atoms with Crippen molar-refractivity contribution in [3.8, 4) is 0 Å². The lowest BCUT2D eigenvalue weighted by atomic mass is 10.1. The maximum absolute atomic E-state index is 13.0. The van der Waals surface area contributed by atoms with Gasteiger partial charge < -0.3 is 10.6 Å². The molecule has 1 aromatic carbocycles. The summed E-state index contributed by atoms with van der Waals surface area (Å²) in [6.07, 6.45) is 2.12. The first-order valence-electron chi connectivity index (χ1n) is 6.61. The molecule has 1 fully saturated rings. The number of rotatable bonds is 4. The van der Waals surface area contributed by atoms with Crippen LogP contribution in [-0.4, -0.2) is 43.5 Å². The molecule has 0 bridgehead atoms. The smallest absolute Gasteiger partial charge is 0.238 e. The lowest BCUT2D eigenvalue weighted by Gasteiger charge is -2.31. The molecule has 4 nitrogen and oxygen atoms in total. The van der Waals surface area contributed by atoms with Gasteiger partial charge in [-0.2, -0.15) is 0 Å². The van der Waals surface area contributed by atoms with Gasteiger partial charge >= 0.3 is 0 Å². The van der Waals surface area contributed by atoms with Crippen LogP contribution in [-0.2, 0) is 4.79 Å². The molecular formula is C14H20FN3O. The van der Waals surface area contributed by atoms with Gasteiger partial charge in [-0.15, -0.1) is 0 Å². The van der Waals surface area contributed by atoms with E-state index >= 15 is 0 Å². The van der Waals surface area contributed by atoms with Crippen LogP contribution in [0.25, 0.3) is 0 Å². The predicted octanol–water partition coefficient (Wildman–Crippen LogP) is 1.45. The van der Waals surface area contributed by atoms with Crippen LogP contribution in [0, 0.1) is 5.82 Å². The number of hydrogen-bond donors (Lipinski definition) is 2. The second-order valence-corrected chi connectivity index (χ2v) is 4.95. The zero-order valence-corrected chi connectivity index (χ0v) is 11.2. The number of piperidine rings is 1. The lowest BCUT2D eigenvalue weighted by molar-refractivity contribution is -0.117. The zero-order valence-electron chi connectivity index (χ0n) is 11.2. The van der Waals surface area contributed by atoms with Gasteiger partial charge in [0.2, 0.25) is 5.91 Å². The Kier molecular flexibility index (Phi) is 4.87. The van der Waals surface area contributed by atoms with Crippen molar-refractivity contribution in [2.75, 3.05) is 32.0 Å². The first-order valence-corrected chi connectivity index (χ1v) is 6.61. The SMILES string of the molecule is CN(CC(=O)Nc1cccc(F)c1)C1CCNCC1. The van der Waals surface area contributed by atoms with E-state index in [0.29, 0.717) is 18.3 Å². The van der Waals surface area contributed by atoms with Crippen molar-refractivity contribution in [3.63, 3.8) is 0 Å². The molecule has 1 aromatic rings. The van der Waals surface area contributed by atoms with Crippen LogP contribution in [0.2, 0.25) is 0 Å². The summed E-state index contributed by atoms with van der Waals surface area (Å²) in [6.45, 7) is 2.34. The van der Waals surface area contributed by atoms with Crippen molar-refractivity contribution in [2.45, 2.75) is 18.9 Å². The molecule has 2 rings (SSSR count). The highest BCUT2D eigenvalue weighted by molar-refractivity contribution is 5.92. The maximum Gasteiger partial charge on any atom is 0.238 e. The second-order valence-electron chi connectivity index (χ2n) is 4.95. The van der Waals surface area contributed by atoms with Crippen molar-refractivity contribution in [2.24, 2.45) is 0 Å². The Balaban J connectivity index is 1.83. The largest absolute Gasteiger partial charge is 0.325 e. The summed E-state index contributed by atoms with van der Waals surface area (Å²) >= 11 is 0. The Morgan fingerprint density at radius 1 is 1.47 bits per heavy atom. The van der Waals surface area contributed by atoms with E-state index in [2.05, 4.69) is 15.5 Å². The monoisotopic (exact) mass is 265 g/mol. The van der Waals surface area contributed by atoms with Crippen LogP contribution in [0.1, 0.15) is 12.8 Å².